The van der Waals surface area contributed by atoms with E-state index in [0.29, 0.717) is 24.4 Å². The van der Waals surface area contributed by atoms with Crippen molar-refractivity contribution < 1.29 is 18.0 Å². The van der Waals surface area contributed by atoms with Gasteiger partial charge < -0.3 is 5.32 Å². The van der Waals surface area contributed by atoms with Crippen molar-refractivity contribution >= 4 is 23.2 Å². The topological polar surface area (TPSA) is 67.2 Å². The summed E-state index contributed by atoms with van der Waals surface area (Å²) in [6, 6.07) is 2.74. The van der Waals surface area contributed by atoms with Crippen LogP contribution >= 0.6 is 11.6 Å². The largest absolute Gasteiger partial charge is 0.416 e. The number of hydrogen-bond acceptors (Lipinski definition) is 4. The number of hydrogen-bond donors (Lipinski definition) is 1. The molecule has 3 rings (SSSR count). The summed E-state index contributed by atoms with van der Waals surface area (Å²) in [6.07, 6.45) is -4.02. The monoisotopic (exact) mass is 414 g/mol. The van der Waals surface area contributed by atoms with Gasteiger partial charge in [0.15, 0.2) is 0 Å². The molecular formula is C18H18ClF3N4O2. The minimum Gasteiger partial charge on any atom is -0.324 e. The Labute approximate surface area is 163 Å². The normalized spacial score (nSPS) is 14.6. The Bertz CT molecular complexity index is 988. The van der Waals surface area contributed by atoms with Gasteiger partial charge in [0.25, 0.3) is 5.56 Å². The highest BCUT2D eigenvalue weighted by atomic mass is 35.5. The molecule has 6 nitrogen and oxygen atoms in total. The number of halogens is 4. The molecule has 1 aliphatic heterocycles. The van der Waals surface area contributed by atoms with Crippen molar-refractivity contribution in [3.63, 3.8) is 0 Å². The molecule has 28 heavy (non-hydrogen) atoms. The second kappa shape index (κ2) is 7.56. The van der Waals surface area contributed by atoms with E-state index in [0.717, 1.165) is 23.9 Å². The zero-order chi connectivity index (χ0) is 20.6. The van der Waals surface area contributed by atoms with Crippen molar-refractivity contribution in [1.29, 1.82) is 0 Å². The maximum Gasteiger partial charge on any atom is 0.416 e. The minimum atomic E-state index is -4.54. The molecular weight excluding hydrogens is 397 g/mol. The molecule has 0 unspecified atom stereocenters. The highest BCUT2D eigenvalue weighted by Gasteiger charge is 2.31. The molecule has 0 saturated carbocycles. The predicted molar refractivity (Wildman–Crippen MR) is 98.3 cm³/mol. The average Bonchev–Trinajstić information content (AvgIpc) is 2.61. The lowest BCUT2D eigenvalue weighted by atomic mass is 10.1. The van der Waals surface area contributed by atoms with Gasteiger partial charge in [-0.05, 0) is 25.1 Å². The third kappa shape index (κ3) is 4.20. The number of anilines is 1. The standard InChI is InChI=1S/C18H18ClF3N4O2/c1-10-23-14-5-6-26(8-12(14)17(28)25(10)2)9-16(27)24-15-7-11(18(20,21)22)3-4-13(15)19/h3-4,7H,5-6,8-9H2,1-2H3,(H,24,27). The first kappa shape index (κ1) is 20.3. The van der Waals surface area contributed by atoms with Crippen LogP contribution in [0.2, 0.25) is 5.02 Å². The van der Waals surface area contributed by atoms with Crippen molar-refractivity contribution in [1.82, 2.24) is 14.5 Å². The fourth-order valence-corrected chi connectivity index (χ4v) is 3.23. The molecule has 0 bridgehead atoms. The van der Waals surface area contributed by atoms with E-state index in [4.69, 9.17) is 11.6 Å². The Morgan fingerprint density at radius 2 is 2.07 bits per heavy atom. The Morgan fingerprint density at radius 1 is 1.36 bits per heavy atom. The predicted octanol–water partition coefficient (Wildman–Crippen LogP) is 2.76. The number of aromatic nitrogens is 2. The summed E-state index contributed by atoms with van der Waals surface area (Å²) in [7, 11) is 1.63. The molecule has 0 saturated heterocycles. The number of carbonyl (C=O) groups is 1. The molecule has 1 N–H and O–H groups in total. The Hall–Kier alpha value is -2.39. The summed E-state index contributed by atoms with van der Waals surface area (Å²) in [5.41, 5.74) is 0.0899. The summed E-state index contributed by atoms with van der Waals surface area (Å²) >= 11 is 5.91. The first-order chi connectivity index (χ1) is 13.1. The van der Waals surface area contributed by atoms with Gasteiger partial charge >= 0.3 is 6.18 Å². The molecule has 1 aromatic heterocycles. The third-order valence-electron chi connectivity index (χ3n) is 4.67. The van der Waals surface area contributed by atoms with Crippen molar-refractivity contribution in [2.75, 3.05) is 18.4 Å². The van der Waals surface area contributed by atoms with Gasteiger partial charge in [-0.1, -0.05) is 11.6 Å². The van der Waals surface area contributed by atoms with E-state index in [1.807, 2.05) is 0 Å². The SMILES string of the molecule is Cc1nc2c(c(=O)n1C)CN(CC(=O)Nc1cc(C(F)(F)F)ccc1Cl)CC2. The summed E-state index contributed by atoms with van der Waals surface area (Å²) in [5.74, 6) is 0.107. The van der Waals surface area contributed by atoms with Gasteiger partial charge in [0, 0.05) is 26.6 Å². The van der Waals surface area contributed by atoms with Crippen LogP contribution in [0.25, 0.3) is 0 Å². The molecule has 0 spiro atoms. The van der Waals surface area contributed by atoms with Crippen LogP contribution in [0.5, 0.6) is 0 Å². The van der Waals surface area contributed by atoms with Crippen LogP contribution < -0.4 is 10.9 Å². The summed E-state index contributed by atoms with van der Waals surface area (Å²) in [6.45, 7) is 2.43. The average molecular weight is 415 g/mol. The molecule has 150 valence electrons. The van der Waals surface area contributed by atoms with E-state index in [2.05, 4.69) is 10.3 Å². The van der Waals surface area contributed by atoms with Crippen LogP contribution in [-0.4, -0.2) is 33.4 Å². The molecule has 0 aliphatic carbocycles. The number of carbonyl (C=O) groups excluding carboxylic acids is 1. The van der Waals surface area contributed by atoms with Crippen LogP contribution in [0.4, 0.5) is 18.9 Å². The number of nitrogens with one attached hydrogen (secondary N) is 1. The van der Waals surface area contributed by atoms with Gasteiger partial charge in [0.1, 0.15) is 5.82 Å². The van der Waals surface area contributed by atoms with E-state index in [1.54, 1.807) is 18.9 Å². The summed E-state index contributed by atoms with van der Waals surface area (Å²) in [4.78, 5) is 30.9. The van der Waals surface area contributed by atoms with Gasteiger partial charge in [-0.3, -0.25) is 19.1 Å². The number of aryl methyl sites for hydroxylation is 1. The lowest BCUT2D eigenvalue weighted by molar-refractivity contribution is -0.137. The van der Waals surface area contributed by atoms with Crippen molar-refractivity contribution in [2.45, 2.75) is 26.1 Å². The van der Waals surface area contributed by atoms with Crippen LogP contribution in [0.1, 0.15) is 22.6 Å². The zero-order valence-electron chi connectivity index (χ0n) is 15.2. The van der Waals surface area contributed by atoms with E-state index >= 15 is 0 Å². The summed E-state index contributed by atoms with van der Waals surface area (Å²) < 4.78 is 40.0. The second-order valence-corrected chi connectivity index (χ2v) is 7.06. The highest BCUT2D eigenvalue weighted by molar-refractivity contribution is 6.33. The fraction of sp³-hybridized carbons (Fsp3) is 0.389. The summed E-state index contributed by atoms with van der Waals surface area (Å²) in [5, 5.41) is 2.43. The lowest BCUT2D eigenvalue weighted by Gasteiger charge is -2.27. The van der Waals surface area contributed by atoms with E-state index in [1.165, 1.54) is 4.57 Å². The maximum atomic E-state index is 12.8. The quantitative estimate of drug-likeness (QED) is 0.838. The van der Waals surface area contributed by atoms with Gasteiger partial charge in [0.2, 0.25) is 5.91 Å². The Morgan fingerprint density at radius 3 is 2.75 bits per heavy atom. The van der Waals surface area contributed by atoms with Gasteiger partial charge in [0.05, 0.1) is 34.1 Å². The molecule has 1 amide bonds. The first-order valence-electron chi connectivity index (χ1n) is 8.50. The third-order valence-corrected chi connectivity index (χ3v) is 5.00. The van der Waals surface area contributed by atoms with Gasteiger partial charge in [-0.2, -0.15) is 13.2 Å². The molecule has 0 radical (unpaired) electrons. The van der Waals surface area contributed by atoms with E-state index in [9.17, 15) is 22.8 Å². The number of benzene rings is 1. The van der Waals surface area contributed by atoms with Gasteiger partial charge in [-0.15, -0.1) is 0 Å². The number of alkyl halides is 3. The molecule has 2 aromatic rings. The van der Waals surface area contributed by atoms with Crippen LogP contribution in [0.3, 0.4) is 0 Å². The molecule has 0 fully saturated rings. The van der Waals surface area contributed by atoms with Crippen molar-refractivity contribution in [3.05, 3.63) is 56.2 Å². The number of nitrogens with zero attached hydrogens (tertiary/aromatic N) is 3. The Kier molecular flexibility index (Phi) is 5.49. The zero-order valence-corrected chi connectivity index (χ0v) is 16.0. The minimum absolute atomic E-state index is 0.0129. The first-order valence-corrected chi connectivity index (χ1v) is 8.88. The Balaban J connectivity index is 1.72. The van der Waals surface area contributed by atoms with Crippen LogP contribution in [0, 0.1) is 6.92 Å². The highest BCUT2D eigenvalue weighted by Crippen LogP contribution is 2.33. The van der Waals surface area contributed by atoms with Gasteiger partial charge in [-0.25, -0.2) is 4.98 Å². The lowest BCUT2D eigenvalue weighted by Crippen LogP contribution is -2.41. The van der Waals surface area contributed by atoms with Crippen molar-refractivity contribution in [3.8, 4) is 0 Å². The maximum absolute atomic E-state index is 12.8. The smallest absolute Gasteiger partial charge is 0.324 e. The van der Waals surface area contributed by atoms with Crippen LogP contribution in [0.15, 0.2) is 23.0 Å². The fourth-order valence-electron chi connectivity index (χ4n) is 3.07. The molecule has 10 heteroatoms. The molecule has 2 heterocycles. The molecule has 1 aromatic carbocycles. The number of rotatable bonds is 3. The molecule has 0 atom stereocenters. The second-order valence-electron chi connectivity index (χ2n) is 6.65. The number of fused-ring (bicyclic) bond motifs is 1. The van der Waals surface area contributed by atoms with E-state index in [-0.39, 0.29) is 29.4 Å². The molecule has 1 aliphatic rings. The van der Waals surface area contributed by atoms with Crippen molar-refractivity contribution in [2.24, 2.45) is 7.05 Å². The number of amides is 1. The van der Waals surface area contributed by atoms with Crippen LogP contribution in [-0.2, 0) is 31.0 Å². The van der Waals surface area contributed by atoms with E-state index < -0.39 is 17.6 Å².